The van der Waals surface area contributed by atoms with Crippen LogP contribution in [0.5, 0.6) is 0 Å². The number of hydrogen-bond acceptors (Lipinski definition) is 3. The number of nitrogens with one attached hydrogen (secondary N) is 2. The second-order valence-corrected chi connectivity index (χ2v) is 7.09. The van der Waals surface area contributed by atoms with Gasteiger partial charge in [-0.05, 0) is 37.1 Å². The molecule has 1 fully saturated rings. The zero-order chi connectivity index (χ0) is 19.6. The molecule has 2 aromatic rings. The van der Waals surface area contributed by atoms with Crippen molar-refractivity contribution in [1.82, 2.24) is 15.5 Å². The maximum Gasteiger partial charge on any atom is 0.191 e. The average molecular weight is 507 g/mol. The largest absolute Gasteiger partial charge is 0.369 e. The van der Waals surface area contributed by atoms with Crippen LogP contribution >= 0.6 is 24.0 Å². The Morgan fingerprint density at radius 2 is 1.41 bits per heavy atom. The van der Waals surface area contributed by atoms with Gasteiger partial charge < -0.3 is 15.5 Å². The Kier molecular flexibility index (Phi) is 10.3. The van der Waals surface area contributed by atoms with Crippen LogP contribution in [0.25, 0.3) is 0 Å². The summed E-state index contributed by atoms with van der Waals surface area (Å²) in [5.41, 5.74) is 4.02. The monoisotopic (exact) mass is 507 g/mol. The third-order valence-corrected chi connectivity index (χ3v) is 5.10. The molecule has 158 valence electrons. The molecule has 2 N–H and O–H groups in total. The highest BCUT2D eigenvalue weighted by Crippen LogP contribution is 2.18. The summed E-state index contributed by atoms with van der Waals surface area (Å²) in [6.45, 7) is 12.0. The molecule has 1 aliphatic rings. The first kappa shape index (κ1) is 23.5. The zero-order valence-corrected chi connectivity index (χ0v) is 19.9. The second kappa shape index (κ2) is 12.7. The SMILES string of the molecule is CCNC(=NCc1ccccc1CN1CCN(c2ccccc2)CC1)NCC.I. The lowest BCUT2D eigenvalue weighted by molar-refractivity contribution is 0.249. The van der Waals surface area contributed by atoms with E-state index in [1.165, 1.54) is 16.8 Å². The van der Waals surface area contributed by atoms with Crippen LogP contribution in [0, 0.1) is 0 Å². The van der Waals surface area contributed by atoms with Crippen molar-refractivity contribution in [3.8, 4) is 0 Å². The van der Waals surface area contributed by atoms with Crippen LogP contribution in [0.15, 0.2) is 59.6 Å². The van der Waals surface area contributed by atoms with E-state index in [4.69, 9.17) is 4.99 Å². The van der Waals surface area contributed by atoms with E-state index < -0.39 is 0 Å². The summed E-state index contributed by atoms with van der Waals surface area (Å²) in [5, 5.41) is 6.60. The van der Waals surface area contributed by atoms with Gasteiger partial charge in [0.1, 0.15) is 0 Å². The lowest BCUT2D eigenvalue weighted by atomic mass is 10.1. The number of guanidine groups is 1. The number of rotatable bonds is 7. The number of hydrogen-bond donors (Lipinski definition) is 2. The van der Waals surface area contributed by atoms with Crippen LogP contribution in [0.2, 0.25) is 0 Å². The van der Waals surface area contributed by atoms with Gasteiger partial charge in [0.2, 0.25) is 0 Å². The Hall–Kier alpha value is -1.80. The molecule has 2 aromatic carbocycles. The molecule has 1 aliphatic heterocycles. The molecule has 1 heterocycles. The topological polar surface area (TPSA) is 42.9 Å². The number of nitrogens with zero attached hydrogens (tertiary/aromatic N) is 3. The van der Waals surface area contributed by atoms with E-state index in [2.05, 4.69) is 88.9 Å². The van der Waals surface area contributed by atoms with Gasteiger partial charge in [-0.1, -0.05) is 42.5 Å². The number of para-hydroxylation sites is 1. The van der Waals surface area contributed by atoms with E-state index in [1.54, 1.807) is 0 Å². The van der Waals surface area contributed by atoms with Crippen molar-refractivity contribution in [1.29, 1.82) is 0 Å². The van der Waals surface area contributed by atoms with Gasteiger partial charge in [-0.2, -0.15) is 0 Å². The van der Waals surface area contributed by atoms with Gasteiger partial charge in [-0.25, -0.2) is 4.99 Å². The highest BCUT2D eigenvalue weighted by atomic mass is 127. The summed E-state index contributed by atoms with van der Waals surface area (Å²) in [4.78, 5) is 9.78. The second-order valence-electron chi connectivity index (χ2n) is 7.09. The van der Waals surface area contributed by atoms with Crippen LogP contribution in [0.3, 0.4) is 0 Å². The highest BCUT2D eigenvalue weighted by molar-refractivity contribution is 14.0. The molecule has 1 saturated heterocycles. The van der Waals surface area contributed by atoms with Crippen LogP contribution in [0.4, 0.5) is 5.69 Å². The van der Waals surface area contributed by atoms with Gasteiger partial charge in [-0.3, -0.25) is 4.90 Å². The van der Waals surface area contributed by atoms with E-state index in [9.17, 15) is 0 Å². The first-order valence-electron chi connectivity index (χ1n) is 10.4. The van der Waals surface area contributed by atoms with Crippen molar-refractivity contribution in [3.63, 3.8) is 0 Å². The van der Waals surface area contributed by atoms with Crippen molar-refractivity contribution < 1.29 is 0 Å². The van der Waals surface area contributed by atoms with Crippen molar-refractivity contribution >= 4 is 35.6 Å². The van der Waals surface area contributed by atoms with E-state index in [0.717, 1.165) is 51.8 Å². The maximum absolute atomic E-state index is 4.75. The van der Waals surface area contributed by atoms with E-state index in [0.29, 0.717) is 6.54 Å². The van der Waals surface area contributed by atoms with Crippen molar-refractivity contribution in [2.24, 2.45) is 4.99 Å². The molecule has 6 heteroatoms. The van der Waals surface area contributed by atoms with E-state index >= 15 is 0 Å². The lowest BCUT2D eigenvalue weighted by Gasteiger charge is -2.36. The number of halogens is 1. The molecule has 0 unspecified atom stereocenters. The van der Waals surface area contributed by atoms with Crippen LogP contribution in [-0.2, 0) is 13.1 Å². The first-order chi connectivity index (χ1) is 13.8. The molecule has 3 rings (SSSR count). The number of aliphatic imine (C=N–C) groups is 1. The molecular weight excluding hydrogens is 473 g/mol. The summed E-state index contributed by atoms with van der Waals surface area (Å²) in [6.07, 6.45) is 0. The van der Waals surface area contributed by atoms with Gasteiger partial charge in [0.15, 0.2) is 5.96 Å². The van der Waals surface area contributed by atoms with Crippen LogP contribution < -0.4 is 15.5 Å². The number of piperazine rings is 1. The summed E-state index contributed by atoms with van der Waals surface area (Å²) in [5.74, 6) is 0.885. The molecule has 0 atom stereocenters. The van der Waals surface area contributed by atoms with Crippen LogP contribution in [0.1, 0.15) is 25.0 Å². The predicted molar refractivity (Wildman–Crippen MR) is 134 cm³/mol. The average Bonchev–Trinajstić information content (AvgIpc) is 2.74. The zero-order valence-electron chi connectivity index (χ0n) is 17.6. The third kappa shape index (κ3) is 7.19. The molecule has 0 saturated carbocycles. The Balaban J connectivity index is 0.00000300. The molecule has 0 bridgehead atoms. The summed E-state index contributed by atoms with van der Waals surface area (Å²) < 4.78 is 0. The van der Waals surface area contributed by atoms with Crippen molar-refractivity contribution in [3.05, 3.63) is 65.7 Å². The Bertz CT molecular complexity index is 734. The molecule has 0 spiro atoms. The number of benzene rings is 2. The minimum Gasteiger partial charge on any atom is -0.369 e. The molecule has 0 aliphatic carbocycles. The Labute approximate surface area is 192 Å². The summed E-state index contributed by atoms with van der Waals surface area (Å²) >= 11 is 0. The molecule has 0 amide bonds. The van der Waals surface area contributed by atoms with Gasteiger partial charge in [0, 0.05) is 51.5 Å². The van der Waals surface area contributed by atoms with Gasteiger partial charge in [-0.15, -0.1) is 24.0 Å². The fourth-order valence-corrected chi connectivity index (χ4v) is 3.58. The predicted octanol–water partition coefficient (Wildman–Crippen LogP) is 3.70. The van der Waals surface area contributed by atoms with E-state index in [-0.39, 0.29) is 24.0 Å². The Morgan fingerprint density at radius 3 is 2.03 bits per heavy atom. The maximum atomic E-state index is 4.75. The minimum absolute atomic E-state index is 0. The van der Waals surface area contributed by atoms with Gasteiger partial charge in [0.05, 0.1) is 6.54 Å². The molecule has 5 nitrogen and oxygen atoms in total. The normalized spacial score (nSPS) is 14.1. The standard InChI is InChI=1S/C23H33N5.HI/c1-3-24-23(25-4-2)26-18-20-10-8-9-11-21(20)19-27-14-16-28(17-15-27)22-12-6-5-7-13-22;/h5-13H,3-4,14-19H2,1-2H3,(H2,24,25,26);1H. The third-order valence-electron chi connectivity index (χ3n) is 5.10. The quantitative estimate of drug-likeness (QED) is 0.341. The molecular formula is C23H34IN5. The molecule has 29 heavy (non-hydrogen) atoms. The summed E-state index contributed by atoms with van der Waals surface area (Å²) in [7, 11) is 0. The Morgan fingerprint density at radius 1 is 0.828 bits per heavy atom. The fourth-order valence-electron chi connectivity index (χ4n) is 3.58. The summed E-state index contributed by atoms with van der Waals surface area (Å²) in [6, 6.07) is 19.4. The first-order valence-corrected chi connectivity index (χ1v) is 10.4. The van der Waals surface area contributed by atoms with Crippen molar-refractivity contribution in [2.45, 2.75) is 26.9 Å². The molecule has 0 aromatic heterocycles. The smallest absolute Gasteiger partial charge is 0.191 e. The lowest BCUT2D eigenvalue weighted by Crippen LogP contribution is -2.46. The van der Waals surface area contributed by atoms with Gasteiger partial charge in [0.25, 0.3) is 0 Å². The van der Waals surface area contributed by atoms with Crippen molar-refractivity contribution in [2.75, 3.05) is 44.2 Å². The van der Waals surface area contributed by atoms with E-state index in [1.807, 2.05) is 0 Å². The molecule has 0 radical (unpaired) electrons. The van der Waals surface area contributed by atoms with Crippen LogP contribution in [-0.4, -0.2) is 50.1 Å². The highest BCUT2D eigenvalue weighted by Gasteiger charge is 2.18. The minimum atomic E-state index is 0. The number of anilines is 1. The van der Waals surface area contributed by atoms with Gasteiger partial charge >= 0.3 is 0 Å². The fraction of sp³-hybridized carbons (Fsp3) is 0.435.